The lowest BCUT2D eigenvalue weighted by molar-refractivity contribution is -0.945. The van der Waals surface area contributed by atoms with E-state index >= 15 is 0 Å². The van der Waals surface area contributed by atoms with E-state index in [1.807, 2.05) is 30.3 Å². The van der Waals surface area contributed by atoms with Crippen molar-refractivity contribution in [2.45, 2.75) is 84.0 Å². The molecule has 0 unspecified atom stereocenters. The van der Waals surface area contributed by atoms with Crippen molar-refractivity contribution in [1.29, 1.82) is 0 Å². The van der Waals surface area contributed by atoms with Crippen LogP contribution in [-0.2, 0) is 0 Å². The molecule has 0 aromatic heterocycles. The van der Waals surface area contributed by atoms with E-state index in [4.69, 9.17) is 4.74 Å². The average molecular weight is 435 g/mol. The molecule has 0 atom stereocenters. The normalized spacial score (nSPS) is 12.3. The second kappa shape index (κ2) is 16.6. The van der Waals surface area contributed by atoms with Gasteiger partial charge < -0.3 is 13.7 Å². The van der Waals surface area contributed by atoms with Crippen LogP contribution in [0, 0.1) is 0 Å². The van der Waals surface area contributed by atoms with Gasteiger partial charge in [-0.05, 0) is 38.3 Å². The van der Waals surface area contributed by atoms with Gasteiger partial charge >= 0.3 is 0 Å². The minimum Gasteiger partial charge on any atom is -0.494 e. The molecule has 0 radical (unpaired) electrons. The zero-order chi connectivity index (χ0) is 22.8. The van der Waals surface area contributed by atoms with Gasteiger partial charge in [-0.1, -0.05) is 76.0 Å². The fourth-order valence-corrected chi connectivity index (χ4v) is 3.93. The molecule has 0 amide bonds. The zero-order valence-electron chi connectivity index (χ0n) is 21.7. The van der Waals surface area contributed by atoms with Crippen molar-refractivity contribution in [2.24, 2.45) is 0 Å². The van der Waals surface area contributed by atoms with Crippen LogP contribution in [-0.4, -0.2) is 69.9 Å². The molecule has 0 aliphatic carbocycles. The predicted molar refractivity (Wildman–Crippen MR) is 137 cm³/mol. The predicted octanol–water partition coefficient (Wildman–Crippen LogP) is 6.92. The SMILES string of the molecule is CC[N+](C)(C)CC[N+](C)(C)CCCCCCCCCCCCCCOc1ccccc1. The van der Waals surface area contributed by atoms with E-state index in [2.05, 4.69) is 35.1 Å². The Balaban J connectivity index is 1.82. The van der Waals surface area contributed by atoms with Crippen LogP contribution in [0.4, 0.5) is 0 Å². The van der Waals surface area contributed by atoms with E-state index < -0.39 is 0 Å². The molecule has 0 saturated carbocycles. The van der Waals surface area contributed by atoms with E-state index in [1.165, 1.54) is 108 Å². The Morgan fingerprint density at radius 2 is 1.00 bits per heavy atom. The fourth-order valence-electron chi connectivity index (χ4n) is 3.93. The van der Waals surface area contributed by atoms with Crippen LogP contribution in [0.2, 0.25) is 0 Å². The Morgan fingerprint density at radius 1 is 0.548 bits per heavy atom. The Kier molecular flexibility index (Phi) is 14.9. The summed E-state index contributed by atoms with van der Waals surface area (Å²) < 4.78 is 8.08. The van der Waals surface area contributed by atoms with Gasteiger partial charge in [0.05, 0.1) is 47.9 Å². The number of unbranched alkanes of at least 4 members (excludes halogenated alkanes) is 11. The first-order valence-corrected chi connectivity index (χ1v) is 13.2. The largest absolute Gasteiger partial charge is 0.494 e. The number of rotatable bonds is 20. The van der Waals surface area contributed by atoms with E-state index in [1.54, 1.807) is 0 Å². The highest BCUT2D eigenvalue weighted by Crippen LogP contribution is 2.14. The van der Waals surface area contributed by atoms with Crippen LogP contribution in [0.15, 0.2) is 30.3 Å². The van der Waals surface area contributed by atoms with Gasteiger partial charge in [-0.25, -0.2) is 0 Å². The summed E-state index contributed by atoms with van der Waals surface area (Å²) >= 11 is 0. The molecule has 0 spiro atoms. The molecule has 0 N–H and O–H groups in total. The van der Waals surface area contributed by atoms with E-state index in [-0.39, 0.29) is 0 Å². The van der Waals surface area contributed by atoms with Crippen molar-refractivity contribution < 1.29 is 13.7 Å². The monoisotopic (exact) mass is 434 g/mol. The molecule has 0 fully saturated rings. The summed E-state index contributed by atoms with van der Waals surface area (Å²) in [6.45, 7) is 8.29. The van der Waals surface area contributed by atoms with Crippen molar-refractivity contribution in [1.82, 2.24) is 0 Å². The van der Waals surface area contributed by atoms with Gasteiger partial charge in [-0.2, -0.15) is 0 Å². The summed E-state index contributed by atoms with van der Waals surface area (Å²) in [6, 6.07) is 10.2. The number of para-hydroxylation sites is 1. The van der Waals surface area contributed by atoms with Gasteiger partial charge in [0.25, 0.3) is 0 Å². The molecule has 3 nitrogen and oxygen atoms in total. The molecule has 1 aromatic carbocycles. The molecule has 0 aliphatic heterocycles. The molecular weight excluding hydrogens is 380 g/mol. The first-order valence-electron chi connectivity index (χ1n) is 13.2. The number of likely N-dealkylation sites (N-methyl/N-ethyl adjacent to an activating group) is 2. The van der Waals surface area contributed by atoms with Crippen molar-refractivity contribution in [3.8, 4) is 5.75 Å². The number of nitrogens with zero attached hydrogens (tertiary/aromatic N) is 2. The third kappa shape index (κ3) is 16.3. The topological polar surface area (TPSA) is 9.23 Å². The number of hydrogen-bond acceptors (Lipinski definition) is 1. The number of quaternary nitrogens is 2. The smallest absolute Gasteiger partial charge is 0.128 e. The van der Waals surface area contributed by atoms with Crippen LogP contribution in [0.1, 0.15) is 84.0 Å². The van der Waals surface area contributed by atoms with Crippen molar-refractivity contribution in [3.05, 3.63) is 30.3 Å². The highest BCUT2D eigenvalue weighted by Gasteiger charge is 2.20. The molecule has 1 aromatic rings. The van der Waals surface area contributed by atoms with E-state index in [0.29, 0.717) is 0 Å². The van der Waals surface area contributed by atoms with Crippen LogP contribution < -0.4 is 4.74 Å². The minimum atomic E-state index is 0.857. The summed E-state index contributed by atoms with van der Waals surface area (Å²) in [5.41, 5.74) is 0. The number of benzene rings is 1. The molecule has 0 heterocycles. The van der Waals surface area contributed by atoms with E-state index in [0.717, 1.165) is 16.8 Å². The quantitative estimate of drug-likeness (QED) is 0.160. The second-order valence-corrected chi connectivity index (χ2v) is 10.8. The third-order valence-electron chi connectivity index (χ3n) is 6.84. The van der Waals surface area contributed by atoms with E-state index in [9.17, 15) is 0 Å². The first kappa shape index (κ1) is 28.0. The summed E-state index contributed by atoms with van der Waals surface area (Å²) in [6.07, 6.45) is 16.6. The van der Waals surface area contributed by atoms with Gasteiger partial charge in [0.1, 0.15) is 18.8 Å². The Morgan fingerprint density at radius 3 is 1.52 bits per heavy atom. The Labute approximate surface area is 195 Å². The summed E-state index contributed by atoms with van der Waals surface area (Å²) in [4.78, 5) is 0. The molecular formula is C28H54N2O+2. The lowest BCUT2D eigenvalue weighted by Crippen LogP contribution is -2.51. The van der Waals surface area contributed by atoms with Gasteiger partial charge in [-0.3, -0.25) is 0 Å². The molecule has 31 heavy (non-hydrogen) atoms. The third-order valence-corrected chi connectivity index (χ3v) is 6.84. The van der Waals surface area contributed by atoms with Crippen LogP contribution in [0.5, 0.6) is 5.75 Å². The maximum Gasteiger partial charge on any atom is 0.128 e. The molecule has 180 valence electrons. The maximum absolute atomic E-state index is 5.75. The molecule has 3 heteroatoms. The fraction of sp³-hybridized carbons (Fsp3) is 0.786. The van der Waals surface area contributed by atoms with Gasteiger partial charge in [-0.15, -0.1) is 0 Å². The van der Waals surface area contributed by atoms with Crippen LogP contribution in [0.25, 0.3) is 0 Å². The molecule has 0 bridgehead atoms. The molecule has 1 rings (SSSR count). The highest BCUT2D eigenvalue weighted by atomic mass is 16.5. The lowest BCUT2D eigenvalue weighted by atomic mass is 10.1. The number of ether oxygens (including phenoxy) is 1. The maximum atomic E-state index is 5.75. The molecule has 0 saturated heterocycles. The minimum absolute atomic E-state index is 0.857. The van der Waals surface area contributed by atoms with Crippen LogP contribution >= 0.6 is 0 Å². The average Bonchev–Trinajstić information content (AvgIpc) is 2.76. The standard InChI is InChI=1S/C28H54N2O/c1-6-29(2,3)25-26-30(4,5)24-20-15-13-11-9-7-8-10-12-14-16-21-27-31-28-22-18-17-19-23-28/h17-19,22-23H,6-16,20-21,24-27H2,1-5H3/q+2. The summed E-state index contributed by atoms with van der Waals surface area (Å²) in [7, 11) is 9.52. The molecule has 0 aliphatic rings. The summed E-state index contributed by atoms with van der Waals surface area (Å²) in [5.74, 6) is 1.00. The first-order chi connectivity index (χ1) is 14.8. The lowest BCUT2D eigenvalue weighted by Gasteiger charge is -2.35. The van der Waals surface area contributed by atoms with Crippen LogP contribution in [0.3, 0.4) is 0 Å². The van der Waals surface area contributed by atoms with Gasteiger partial charge in [0.15, 0.2) is 0 Å². The Hall–Kier alpha value is -1.06. The van der Waals surface area contributed by atoms with Gasteiger partial charge in [0.2, 0.25) is 0 Å². The second-order valence-electron chi connectivity index (χ2n) is 10.8. The summed E-state index contributed by atoms with van der Waals surface area (Å²) in [5, 5.41) is 0. The Bertz CT molecular complexity index is 527. The van der Waals surface area contributed by atoms with Crippen molar-refractivity contribution in [3.63, 3.8) is 0 Å². The zero-order valence-corrected chi connectivity index (χ0v) is 21.7. The van der Waals surface area contributed by atoms with Gasteiger partial charge in [0, 0.05) is 0 Å². The number of hydrogen-bond donors (Lipinski definition) is 0. The van der Waals surface area contributed by atoms with Crippen molar-refractivity contribution >= 4 is 0 Å². The highest BCUT2D eigenvalue weighted by molar-refractivity contribution is 5.20. The van der Waals surface area contributed by atoms with Crippen molar-refractivity contribution in [2.75, 3.05) is 61.0 Å².